The summed E-state index contributed by atoms with van der Waals surface area (Å²) in [7, 11) is 0. The molecule has 6 nitrogen and oxygen atoms in total. The molecule has 2 N–H and O–H groups in total. The van der Waals surface area contributed by atoms with Crippen LogP contribution in [0.15, 0.2) is 34.9 Å². The average molecular weight is 343 g/mol. The van der Waals surface area contributed by atoms with Gasteiger partial charge in [-0.15, -0.1) is 0 Å². The molecule has 0 radical (unpaired) electrons. The summed E-state index contributed by atoms with van der Waals surface area (Å²) in [5.74, 6) is 0.801. The largest absolute Gasteiger partial charge is 0.444 e. The molecule has 1 fully saturated rings. The monoisotopic (exact) mass is 343 g/mol. The number of aliphatic hydroxyl groups is 1. The molecule has 2 amide bonds. The van der Waals surface area contributed by atoms with Gasteiger partial charge in [0.15, 0.2) is 0 Å². The van der Waals surface area contributed by atoms with Crippen LogP contribution in [0.25, 0.3) is 11.5 Å². The molecule has 3 rings (SSSR count). The van der Waals surface area contributed by atoms with Crippen molar-refractivity contribution in [3.05, 3.63) is 41.8 Å². The Kier molecular flexibility index (Phi) is 5.71. The molecule has 0 unspecified atom stereocenters. The lowest BCUT2D eigenvalue weighted by molar-refractivity contribution is 0.129. The number of hydrogen-bond donors (Lipinski definition) is 2. The van der Waals surface area contributed by atoms with Crippen molar-refractivity contribution in [2.24, 2.45) is 5.92 Å². The fourth-order valence-electron chi connectivity index (χ4n) is 3.06. The first kappa shape index (κ1) is 17.5. The minimum Gasteiger partial charge on any atom is -0.444 e. The summed E-state index contributed by atoms with van der Waals surface area (Å²) in [6, 6.07) is 7.96. The molecule has 2 aromatic rings. The number of benzene rings is 1. The number of nitrogens with one attached hydrogen (secondary N) is 1. The first-order valence-electron chi connectivity index (χ1n) is 8.81. The minimum absolute atomic E-state index is 0.0691. The molecule has 0 saturated carbocycles. The van der Waals surface area contributed by atoms with E-state index >= 15 is 0 Å². The predicted octanol–water partition coefficient (Wildman–Crippen LogP) is 2.61. The highest BCUT2D eigenvalue weighted by atomic mass is 16.3. The van der Waals surface area contributed by atoms with Crippen molar-refractivity contribution in [3.63, 3.8) is 0 Å². The Hall–Kier alpha value is -2.34. The second kappa shape index (κ2) is 8.16. The third kappa shape index (κ3) is 4.60. The van der Waals surface area contributed by atoms with Gasteiger partial charge in [0.1, 0.15) is 6.26 Å². The maximum atomic E-state index is 12.2. The molecular weight excluding hydrogens is 318 g/mol. The molecular formula is C19H25N3O3. The summed E-state index contributed by atoms with van der Waals surface area (Å²) >= 11 is 0. The van der Waals surface area contributed by atoms with Crippen molar-refractivity contribution in [1.29, 1.82) is 0 Å². The lowest BCUT2D eigenvalue weighted by Gasteiger charge is -2.31. The molecule has 2 heterocycles. The number of carbonyl (C=O) groups excluding carboxylic acids is 1. The smallest absolute Gasteiger partial charge is 0.317 e. The number of aryl methyl sites for hydroxylation is 1. The zero-order chi connectivity index (χ0) is 17.6. The van der Waals surface area contributed by atoms with Crippen LogP contribution in [0.1, 0.15) is 24.1 Å². The number of oxazole rings is 1. The number of urea groups is 1. The number of hydrogen-bond acceptors (Lipinski definition) is 4. The van der Waals surface area contributed by atoms with E-state index in [1.165, 1.54) is 5.56 Å². The Morgan fingerprint density at radius 3 is 2.96 bits per heavy atom. The zero-order valence-electron chi connectivity index (χ0n) is 14.6. The summed E-state index contributed by atoms with van der Waals surface area (Å²) in [5, 5.41) is 12.2. The van der Waals surface area contributed by atoms with Crippen molar-refractivity contribution in [1.82, 2.24) is 15.2 Å². The molecule has 0 aliphatic carbocycles. The van der Waals surface area contributed by atoms with Gasteiger partial charge in [-0.3, -0.25) is 0 Å². The van der Waals surface area contributed by atoms with E-state index in [9.17, 15) is 9.90 Å². The molecule has 0 spiro atoms. The van der Waals surface area contributed by atoms with Crippen LogP contribution >= 0.6 is 0 Å². The molecule has 25 heavy (non-hydrogen) atoms. The van der Waals surface area contributed by atoms with Crippen LogP contribution in [0.3, 0.4) is 0 Å². The number of amides is 2. The average Bonchev–Trinajstić information content (AvgIpc) is 3.11. The van der Waals surface area contributed by atoms with Gasteiger partial charge in [-0.2, -0.15) is 0 Å². The van der Waals surface area contributed by atoms with Gasteiger partial charge in [0.05, 0.1) is 5.69 Å². The Balaban J connectivity index is 1.47. The first-order chi connectivity index (χ1) is 12.2. The number of carbonyl (C=O) groups is 1. The minimum atomic E-state index is -0.0691. The molecule has 1 aromatic carbocycles. The lowest BCUT2D eigenvalue weighted by atomic mass is 9.99. The topological polar surface area (TPSA) is 78.6 Å². The van der Waals surface area contributed by atoms with E-state index in [0.717, 1.165) is 30.6 Å². The van der Waals surface area contributed by atoms with Crippen LogP contribution in [0, 0.1) is 12.8 Å². The highest BCUT2D eigenvalue weighted by molar-refractivity contribution is 5.74. The highest BCUT2D eigenvalue weighted by Gasteiger charge is 2.22. The highest BCUT2D eigenvalue weighted by Crippen LogP contribution is 2.19. The maximum absolute atomic E-state index is 12.2. The Morgan fingerprint density at radius 1 is 1.40 bits per heavy atom. The van der Waals surface area contributed by atoms with E-state index in [-0.39, 0.29) is 18.6 Å². The number of likely N-dealkylation sites (tertiary alicyclic amines) is 1. The van der Waals surface area contributed by atoms with Crippen LogP contribution < -0.4 is 5.32 Å². The second-order valence-electron chi connectivity index (χ2n) is 6.63. The molecule has 1 aliphatic heterocycles. The Bertz CT molecular complexity index is 696. The number of aliphatic hydroxyl groups excluding tert-OH is 1. The quantitative estimate of drug-likeness (QED) is 0.875. The Labute approximate surface area is 147 Å². The molecule has 1 atom stereocenters. The molecule has 134 valence electrons. The van der Waals surface area contributed by atoms with E-state index in [1.54, 1.807) is 11.2 Å². The number of rotatable bonds is 5. The molecule has 1 aliphatic rings. The van der Waals surface area contributed by atoms with E-state index < -0.39 is 0 Å². The van der Waals surface area contributed by atoms with Crippen LogP contribution in [0.4, 0.5) is 4.79 Å². The van der Waals surface area contributed by atoms with Crippen molar-refractivity contribution >= 4 is 6.03 Å². The van der Waals surface area contributed by atoms with E-state index in [4.69, 9.17) is 4.42 Å². The van der Waals surface area contributed by atoms with Gasteiger partial charge < -0.3 is 19.7 Å². The van der Waals surface area contributed by atoms with Crippen molar-refractivity contribution in [3.8, 4) is 11.5 Å². The van der Waals surface area contributed by atoms with Gasteiger partial charge in [-0.1, -0.05) is 17.7 Å². The maximum Gasteiger partial charge on any atom is 0.317 e. The van der Waals surface area contributed by atoms with Crippen LogP contribution in [-0.4, -0.2) is 47.3 Å². The van der Waals surface area contributed by atoms with Crippen molar-refractivity contribution in [2.45, 2.75) is 26.2 Å². The summed E-state index contributed by atoms with van der Waals surface area (Å²) < 4.78 is 5.53. The third-order valence-electron chi connectivity index (χ3n) is 4.57. The van der Waals surface area contributed by atoms with Gasteiger partial charge in [0.25, 0.3) is 0 Å². The van der Waals surface area contributed by atoms with Crippen LogP contribution in [0.5, 0.6) is 0 Å². The summed E-state index contributed by atoms with van der Waals surface area (Å²) in [6.07, 6.45) is 4.20. The van der Waals surface area contributed by atoms with E-state index in [2.05, 4.69) is 10.3 Å². The van der Waals surface area contributed by atoms with Gasteiger partial charge in [0, 0.05) is 38.2 Å². The van der Waals surface area contributed by atoms with E-state index in [0.29, 0.717) is 25.4 Å². The zero-order valence-corrected chi connectivity index (χ0v) is 14.6. The fourth-order valence-corrected chi connectivity index (χ4v) is 3.06. The standard InChI is InChI=1S/C19H25N3O3/c1-14-4-6-16(7-5-14)18-21-17(13-25-18)8-9-20-19(24)22-10-2-3-15(11-22)12-23/h4-7,13,15,23H,2-3,8-12H2,1H3,(H,20,24)/t15-/m1/s1. The number of aromatic nitrogens is 1. The van der Waals surface area contributed by atoms with Gasteiger partial charge in [-0.25, -0.2) is 9.78 Å². The molecule has 1 aromatic heterocycles. The SMILES string of the molecule is Cc1ccc(-c2nc(CCNC(=O)N3CCC[C@@H](CO)C3)co2)cc1. The summed E-state index contributed by atoms with van der Waals surface area (Å²) in [4.78, 5) is 18.5. The first-order valence-corrected chi connectivity index (χ1v) is 8.81. The lowest BCUT2D eigenvalue weighted by Crippen LogP contribution is -2.46. The second-order valence-corrected chi connectivity index (χ2v) is 6.63. The van der Waals surface area contributed by atoms with Crippen molar-refractivity contribution < 1.29 is 14.3 Å². The Morgan fingerprint density at radius 2 is 2.20 bits per heavy atom. The van der Waals surface area contributed by atoms with Gasteiger partial charge >= 0.3 is 6.03 Å². The number of nitrogens with zero attached hydrogens (tertiary/aromatic N) is 2. The molecule has 0 bridgehead atoms. The van der Waals surface area contributed by atoms with Gasteiger partial charge in [-0.05, 0) is 37.8 Å². The van der Waals surface area contributed by atoms with Gasteiger partial charge in [0.2, 0.25) is 5.89 Å². The third-order valence-corrected chi connectivity index (χ3v) is 4.57. The fraction of sp³-hybridized carbons (Fsp3) is 0.474. The van der Waals surface area contributed by atoms with E-state index in [1.807, 2.05) is 31.2 Å². The molecule has 6 heteroatoms. The van der Waals surface area contributed by atoms with Crippen LogP contribution in [-0.2, 0) is 6.42 Å². The normalized spacial score (nSPS) is 17.5. The van der Waals surface area contributed by atoms with Crippen LogP contribution in [0.2, 0.25) is 0 Å². The van der Waals surface area contributed by atoms with Crippen molar-refractivity contribution in [2.75, 3.05) is 26.2 Å². The predicted molar refractivity (Wildman–Crippen MR) is 95.2 cm³/mol. The molecule has 1 saturated heterocycles. The summed E-state index contributed by atoms with van der Waals surface area (Å²) in [5.41, 5.74) is 2.96. The number of piperidine rings is 1. The summed E-state index contributed by atoms with van der Waals surface area (Å²) in [6.45, 7) is 4.08.